The first-order valence-corrected chi connectivity index (χ1v) is 6.42. The maximum atomic E-state index is 11.9. The third-order valence-electron chi connectivity index (χ3n) is 3.83. The van der Waals surface area contributed by atoms with Crippen LogP contribution in [0.4, 0.5) is 4.79 Å². The zero-order chi connectivity index (χ0) is 13.6. The Hall–Kier alpha value is -1.26. The molecule has 18 heavy (non-hydrogen) atoms. The lowest BCUT2D eigenvalue weighted by molar-refractivity contribution is -0.138. The number of carbonyl (C=O) groups excluding carboxylic acids is 1. The first-order valence-electron chi connectivity index (χ1n) is 6.42. The van der Waals surface area contributed by atoms with Gasteiger partial charge in [-0.25, -0.2) is 4.79 Å². The third-order valence-corrected chi connectivity index (χ3v) is 3.83. The Labute approximate surface area is 107 Å². The highest BCUT2D eigenvalue weighted by Crippen LogP contribution is 2.60. The van der Waals surface area contributed by atoms with E-state index in [1.165, 1.54) is 0 Å². The highest BCUT2D eigenvalue weighted by molar-refractivity contribution is 5.70. The molecule has 0 unspecified atom stereocenters. The van der Waals surface area contributed by atoms with Crippen LogP contribution in [0.1, 0.15) is 40.0 Å². The predicted molar refractivity (Wildman–Crippen MR) is 65.2 cm³/mol. The van der Waals surface area contributed by atoms with Crippen molar-refractivity contribution in [2.24, 2.45) is 11.3 Å². The van der Waals surface area contributed by atoms with Crippen LogP contribution in [-0.2, 0) is 9.53 Å². The van der Waals surface area contributed by atoms with Gasteiger partial charge in [0.15, 0.2) is 0 Å². The summed E-state index contributed by atoms with van der Waals surface area (Å²) < 4.78 is 5.33. The van der Waals surface area contributed by atoms with E-state index in [0.29, 0.717) is 19.0 Å². The fourth-order valence-electron chi connectivity index (χ4n) is 2.81. The van der Waals surface area contributed by atoms with Gasteiger partial charge in [0, 0.05) is 13.1 Å². The molecule has 102 valence electrons. The van der Waals surface area contributed by atoms with Gasteiger partial charge in [-0.3, -0.25) is 4.79 Å². The van der Waals surface area contributed by atoms with Crippen LogP contribution in [0.2, 0.25) is 0 Å². The van der Waals surface area contributed by atoms with Crippen LogP contribution in [0, 0.1) is 11.3 Å². The minimum atomic E-state index is -0.733. The van der Waals surface area contributed by atoms with Gasteiger partial charge in [0.1, 0.15) is 5.60 Å². The van der Waals surface area contributed by atoms with Gasteiger partial charge in [-0.05, 0) is 44.9 Å². The van der Waals surface area contributed by atoms with Gasteiger partial charge in [-0.15, -0.1) is 0 Å². The van der Waals surface area contributed by atoms with Gasteiger partial charge in [0.05, 0.1) is 6.42 Å². The monoisotopic (exact) mass is 255 g/mol. The van der Waals surface area contributed by atoms with E-state index in [0.717, 1.165) is 12.8 Å². The van der Waals surface area contributed by atoms with E-state index in [9.17, 15) is 9.59 Å². The molecule has 0 aromatic heterocycles. The quantitative estimate of drug-likeness (QED) is 0.820. The second kappa shape index (κ2) is 4.14. The lowest BCUT2D eigenvalue weighted by atomic mass is 9.92. The van der Waals surface area contributed by atoms with Crippen LogP contribution >= 0.6 is 0 Å². The summed E-state index contributed by atoms with van der Waals surface area (Å²) in [7, 11) is 0. The molecule has 1 aliphatic carbocycles. The first kappa shape index (κ1) is 13.2. The number of carboxylic acid groups (broad SMARTS) is 1. The summed E-state index contributed by atoms with van der Waals surface area (Å²) in [6.45, 7) is 6.79. The number of amides is 1. The Morgan fingerprint density at radius 3 is 2.61 bits per heavy atom. The molecule has 1 saturated heterocycles. The van der Waals surface area contributed by atoms with Gasteiger partial charge in [0.2, 0.25) is 0 Å². The van der Waals surface area contributed by atoms with E-state index in [2.05, 4.69) is 0 Å². The molecule has 2 fully saturated rings. The molecule has 2 aliphatic rings. The third kappa shape index (κ3) is 2.76. The highest BCUT2D eigenvalue weighted by Gasteiger charge is 2.58. The van der Waals surface area contributed by atoms with Crippen LogP contribution < -0.4 is 0 Å². The predicted octanol–water partition coefficient (Wildman–Crippen LogP) is 2.11. The van der Waals surface area contributed by atoms with Crippen molar-refractivity contribution in [3.63, 3.8) is 0 Å². The zero-order valence-electron chi connectivity index (χ0n) is 11.2. The summed E-state index contributed by atoms with van der Waals surface area (Å²) in [5, 5.41) is 8.88. The molecule has 1 amide bonds. The number of nitrogens with zero attached hydrogens (tertiary/aromatic N) is 1. The minimum absolute atomic E-state index is 0.0374. The standard InChI is InChI=1S/C13H21NO4/c1-12(2,3)18-11(17)14-5-4-13(7-10(15)16)6-9(13)8-14/h9H,4-8H2,1-3H3,(H,15,16)/t9-,13-/m0/s1. The van der Waals surface area contributed by atoms with Gasteiger partial charge in [-0.1, -0.05) is 0 Å². The molecule has 2 rings (SSSR count). The van der Waals surface area contributed by atoms with Crippen molar-refractivity contribution in [3.8, 4) is 0 Å². The number of rotatable bonds is 2. The number of aliphatic carboxylic acids is 1. The summed E-state index contributed by atoms with van der Waals surface area (Å²) in [6.07, 6.45) is 1.67. The van der Waals surface area contributed by atoms with Crippen LogP contribution in [0.15, 0.2) is 0 Å². The number of carboxylic acids is 1. The number of hydrogen-bond donors (Lipinski definition) is 1. The van der Waals surface area contributed by atoms with E-state index in [-0.39, 0.29) is 17.9 Å². The van der Waals surface area contributed by atoms with Gasteiger partial charge in [-0.2, -0.15) is 0 Å². The SMILES string of the molecule is CC(C)(C)OC(=O)N1CC[C@@]2(CC(=O)O)C[C@H]2C1. The number of fused-ring (bicyclic) bond motifs is 1. The number of likely N-dealkylation sites (tertiary alicyclic amines) is 1. The molecular formula is C13H21NO4. The molecule has 0 bridgehead atoms. The fraction of sp³-hybridized carbons (Fsp3) is 0.846. The zero-order valence-corrected chi connectivity index (χ0v) is 11.2. The molecule has 1 saturated carbocycles. The Morgan fingerprint density at radius 1 is 1.44 bits per heavy atom. The Balaban J connectivity index is 1.88. The van der Waals surface area contributed by atoms with Crippen molar-refractivity contribution >= 4 is 12.1 Å². The molecule has 0 aromatic rings. The van der Waals surface area contributed by atoms with E-state index in [4.69, 9.17) is 9.84 Å². The summed E-state index contributed by atoms with van der Waals surface area (Å²) >= 11 is 0. The topological polar surface area (TPSA) is 66.8 Å². The Kier molecular flexibility index (Phi) is 3.03. The van der Waals surface area contributed by atoms with Crippen molar-refractivity contribution in [2.45, 2.75) is 45.6 Å². The minimum Gasteiger partial charge on any atom is -0.481 e. The Bertz CT molecular complexity index is 374. The van der Waals surface area contributed by atoms with Crippen LogP contribution in [0.3, 0.4) is 0 Å². The second-order valence-corrected chi connectivity index (χ2v) is 6.51. The molecule has 1 heterocycles. The molecule has 5 heteroatoms. The number of carbonyl (C=O) groups is 2. The van der Waals surface area contributed by atoms with Gasteiger partial charge < -0.3 is 14.7 Å². The van der Waals surface area contributed by atoms with Crippen LogP contribution in [0.5, 0.6) is 0 Å². The first-order chi connectivity index (χ1) is 8.22. The molecule has 0 aromatic carbocycles. The van der Waals surface area contributed by atoms with Crippen LogP contribution in [-0.4, -0.2) is 40.8 Å². The molecule has 1 aliphatic heterocycles. The summed E-state index contributed by atoms with van der Waals surface area (Å²) in [5.74, 6) is -0.391. The molecule has 2 atom stereocenters. The van der Waals surface area contributed by atoms with E-state index in [1.54, 1.807) is 4.90 Å². The highest BCUT2D eigenvalue weighted by atomic mass is 16.6. The molecule has 0 spiro atoms. The number of ether oxygens (including phenoxy) is 1. The van der Waals surface area contributed by atoms with Crippen molar-refractivity contribution < 1.29 is 19.4 Å². The number of piperidine rings is 1. The maximum absolute atomic E-state index is 11.9. The summed E-state index contributed by atoms with van der Waals surface area (Å²) in [4.78, 5) is 24.4. The van der Waals surface area contributed by atoms with E-state index >= 15 is 0 Å². The summed E-state index contributed by atoms with van der Waals surface area (Å²) in [5.41, 5.74) is -0.513. The average molecular weight is 255 g/mol. The molecular weight excluding hydrogens is 234 g/mol. The van der Waals surface area contributed by atoms with Gasteiger partial charge >= 0.3 is 12.1 Å². The van der Waals surface area contributed by atoms with E-state index in [1.807, 2.05) is 20.8 Å². The molecule has 5 nitrogen and oxygen atoms in total. The van der Waals surface area contributed by atoms with Crippen molar-refractivity contribution in [3.05, 3.63) is 0 Å². The average Bonchev–Trinajstić information content (AvgIpc) is 2.85. The Morgan fingerprint density at radius 2 is 2.11 bits per heavy atom. The van der Waals surface area contributed by atoms with Crippen molar-refractivity contribution in [1.82, 2.24) is 4.90 Å². The lowest BCUT2D eigenvalue weighted by Gasteiger charge is -2.32. The lowest BCUT2D eigenvalue weighted by Crippen LogP contribution is -2.42. The normalized spacial score (nSPS) is 30.6. The fourth-order valence-corrected chi connectivity index (χ4v) is 2.81. The van der Waals surface area contributed by atoms with Crippen LogP contribution in [0.25, 0.3) is 0 Å². The maximum Gasteiger partial charge on any atom is 0.410 e. The van der Waals surface area contributed by atoms with Crippen molar-refractivity contribution in [2.75, 3.05) is 13.1 Å². The van der Waals surface area contributed by atoms with E-state index < -0.39 is 11.6 Å². The molecule has 0 radical (unpaired) electrons. The second-order valence-electron chi connectivity index (χ2n) is 6.51. The number of hydrogen-bond acceptors (Lipinski definition) is 3. The van der Waals surface area contributed by atoms with Gasteiger partial charge in [0.25, 0.3) is 0 Å². The van der Waals surface area contributed by atoms with Crippen molar-refractivity contribution in [1.29, 1.82) is 0 Å². The smallest absolute Gasteiger partial charge is 0.410 e. The molecule has 1 N–H and O–H groups in total. The largest absolute Gasteiger partial charge is 0.481 e. The summed E-state index contributed by atoms with van der Waals surface area (Å²) in [6, 6.07) is 0.